The summed E-state index contributed by atoms with van der Waals surface area (Å²) in [4.78, 5) is 0. The summed E-state index contributed by atoms with van der Waals surface area (Å²) in [6, 6.07) is 0. The lowest BCUT2D eigenvalue weighted by Gasteiger charge is -2.36. The minimum Gasteiger partial charge on any atom is -0.319 e. The maximum absolute atomic E-state index is 4.66. The van der Waals surface area contributed by atoms with Gasteiger partial charge in [0, 0.05) is 7.05 Å². The molecule has 3 nitrogen and oxygen atoms in total. The van der Waals surface area contributed by atoms with Crippen molar-refractivity contribution in [2.75, 3.05) is 13.6 Å². The molecule has 0 amide bonds. The van der Waals surface area contributed by atoms with Crippen LogP contribution in [0, 0.1) is 17.8 Å². The molecule has 1 saturated carbocycles. The number of nitrogens with one attached hydrogen (secondary N) is 1. The van der Waals surface area contributed by atoms with Gasteiger partial charge in [0.05, 0.1) is 15.9 Å². The summed E-state index contributed by atoms with van der Waals surface area (Å²) in [6.45, 7) is 5.67. The van der Waals surface area contributed by atoms with Crippen molar-refractivity contribution in [2.24, 2.45) is 24.8 Å². The second kappa shape index (κ2) is 7.77. The number of halogens is 1. The van der Waals surface area contributed by atoms with E-state index in [1.165, 1.54) is 41.5 Å². The molecule has 0 bridgehead atoms. The molecule has 1 aromatic heterocycles. The van der Waals surface area contributed by atoms with E-state index in [0.29, 0.717) is 0 Å². The van der Waals surface area contributed by atoms with E-state index in [0.717, 1.165) is 37.1 Å². The van der Waals surface area contributed by atoms with Crippen LogP contribution in [-0.4, -0.2) is 23.4 Å². The molecule has 1 aromatic rings. The van der Waals surface area contributed by atoms with Crippen LogP contribution in [0.25, 0.3) is 0 Å². The Bertz CT molecular complexity index is 455. The predicted molar refractivity (Wildman–Crippen MR) is 92.5 cm³/mol. The highest BCUT2D eigenvalue weighted by Gasteiger charge is 2.31. The van der Waals surface area contributed by atoms with Crippen molar-refractivity contribution < 1.29 is 0 Å². The molecule has 1 N–H and O–H groups in total. The van der Waals surface area contributed by atoms with Crippen LogP contribution >= 0.6 is 15.9 Å². The lowest BCUT2D eigenvalue weighted by Crippen LogP contribution is -2.33. The van der Waals surface area contributed by atoms with Crippen molar-refractivity contribution in [3.8, 4) is 0 Å². The molecule has 0 saturated heterocycles. The third-order valence-electron chi connectivity index (χ3n) is 5.25. The van der Waals surface area contributed by atoms with E-state index < -0.39 is 0 Å². The van der Waals surface area contributed by atoms with Gasteiger partial charge in [0.15, 0.2) is 0 Å². The fourth-order valence-corrected chi connectivity index (χ4v) is 4.64. The summed E-state index contributed by atoms with van der Waals surface area (Å²) in [7, 11) is 4.17. The summed E-state index contributed by atoms with van der Waals surface area (Å²) in [6.07, 6.45) is 7.65. The minimum atomic E-state index is 0.785. The Kier molecular flexibility index (Phi) is 6.30. The number of aryl methyl sites for hydroxylation is 2. The van der Waals surface area contributed by atoms with Gasteiger partial charge in [0.25, 0.3) is 0 Å². The smallest absolute Gasteiger partial charge is 0.0766 e. The molecule has 1 aliphatic rings. The van der Waals surface area contributed by atoms with Crippen LogP contribution < -0.4 is 5.32 Å². The molecule has 0 aromatic carbocycles. The first kappa shape index (κ1) is 17.0. The average Bonchev–Trinajstić information content (AvgIpc) is 2.76. The summed E-state index contributed by atoms with van der Waals surface area (Å²) in [5, 5.41) is 8.06. The van der Waals surface area contributed by atoms with Gasteiger partial charge in [0.1, 0.15) is 0 Å². The van der Waals surface area contributed by atoms with Gasteiger partial charge < -0.3 is 5.32 Å². The maximum Gasteiger partial charge on any atom is 0.0766 e. The van der Waals surface area contributed by atoms with E-state index in [2.05, 4.69) is 59.0 Å². The standard InChI is InChI=1S/C17H30BrN3/c1-5-12-7-8-13(11-19-3)14(9-12)10-16-17(18)15(6-2)20-21(16)4/h12-14,19H,5-11H2,1-4H3. The number of hydrogen-bond donors (Lipinski definition) is 1. The first-order valence-corrected chi connectivity index (χ1v) is 9.24. The van der Waals surface area contributed by atoms with Gasteiger partial charge in [-0.15, -0.1) is 0 Å². The Morgan fingerprint density at radius 3 is 2.62 bits per heavy atom. The van der Waals surface area contributed by atoms with E-state index in [4.69, 9.17) is 0 Å². The van der Waals surface area contributed by atoms with Crippen LogP contribution in [0.3, 0.4) is 0 Å². The van der Waals surface area contributed by atoms with Crippen molar-refractivity contribution >= 4 is 15.9 Å². The predicted octanol–water partition coefficient (Wildman–Crippen LogP) is 3.95. The molecule has 2 rings (SSSR count). The van der Waals surface area contributed by atoms with Crippen molar-refractivity contribution in [1.29, 1.82) is 0 Å². The first-order chi connectivity index (χ1) is 10.1. The fourth-order valence-electron chi connectivity index (χ4n) is 3.87. The Balaban J connectivity index is 2.15. The van der Waals surface area contributed by atoms with E-state index in [9.17, 15) is 0 Å². The van der Waals surface area contributed by atoms with Crippen LogP contribution in [0.15, 0.2) is 4.47 Å². The van der Waals surface area contributed by atoms with Gasteiger partial charge in [-0.05, 0) is 73.0 Å². The molecule has 21 heavy (non-hydrogen) atoms. The normalized spacial score (nSPS) is 26.2. The molecule has 0 spiro atoms. The van der Waals surface area contributed by atoms with E-state index in [1.807, 2.05) is 0 Å². The topological polar surface area (TPSA) is 29.9 Å². The molecule has 0 radical (unpaired) electrons. The Morgan fingerprint density at radius 2 is 2.05 bits per heavy atom. The summed E-state index contributed by atoms with van der Waals surface area (Å²) in [5.74, 6) is 2.51. The fraction of sp³-hybridized carbons (Fsp3) is 0.824. The van der Waals surface area contributed by atoms with E-state index >= 15 is 0 Å². The molecular weight excluding hydrogens is 326 g/mol. The molecule has 120 valence electrons. The van der Waals surface area contributed by atoms with Gasteiger partial charge in [-0.2, -0.15) is 5.10 Å². The maximum atomic E-state index is 4.66. The average molecular weight is 356 g/mol. The number of hydrogen-bond acceptors (Lipinski definition) is 2. The highest BCUT2D eigenvalue weighted by molar-refractivity contribution is 9.10. The van der Waals surface area contributed by atoms with Gasteiger partial charge >= 0.3 is 0 Å². The molecule has 3 unspecified atom stereocenters. The SMILES string of the molecule is CCc1nn(C)c(CC2CC(CC)CCC2CNC)c1Br. The van der Waals surface area contributed by atoms with Crippen molar-refractivity contribution in [3.63, 3.8) is 0 Å². The zero-order valence-corrected chi connectivity index (χ0v) is 15.5. The highest BCUT2D eigenvalue weighted by Crippen LogP contribution is 2.38. The largest absolute Gasteiger partial charge is 0.319 e. The summed E-state index contributed by atoms with van der Waals surface area (Å²) >= 11 is 3.78. The Hall–Kier alpha value is -0.350. The van der Waals surface area contributed by atoms with Crippen LogP contribution in [0.1, 0.15) is 50.9 Å². The van der Waals surface area contributed by atoms with Crippen molar-refractivity contribution in [1.82, 2.24) is 15.1 Å². The summed E-state index contributed by atoms with van der Waals surface area (Å²) < 4.78 is 3.34. The molecule has 0 aliphatic heterocycles. The molecule has 3 atom stereocenters. The van der Waals surface area contributed by atoms with Crippen LogP contribution in [-0.2, 0) is 19.9 Å². The first-order valence-electron chi connectivity index (χ1n) is 8.45. The molecule has 1 aliphatic carbocycles. The quantitative estimate of drug-likeness (QED) is 0.836. The van der Waals surface area contributed by atoms with Gasteiger partial charge in [-0.3, -0.25) is 4.68 Å². The van der Waals surface area contributed by atoms with E-state index in [-0.39, 0.29) is 0 Å². The second-order valence-electron chi connectivity index (χ2n) is 6.55. The van der Waals surface area contributed by atoms with Crippen LogP contribution in [0.2, 0.25) is 0 Å². The highest BCUT2D eigenvalue weighted by atomic mass is 79.9. The molecule has 1 fully saturated rings. The molecule has 4 heteroatoms. The lowest BCUT2D eigenvalue weighted by molar-refractivity contribution is 0.171. The van der Waals surface area contributed by atoms with Gasteiger partial charge in [-0.1, -0.05) is 26.7 Å². The monoisotopic (exact) mass is 355 g/mol. The third kappa shape index (κ3) is 3.89. The molecule has 1 heterocycles. The van der Waals surface area contributed by atoms with E-state index in [1.54, 1.807) is 0 Å². The zero-order valence-electron chi connectivity index (χ0n) is 14.0. The lowest BCUT2D eigenvalue weighted by atomic mass is 9.71. The van der Waals surface area contributed by atoms with Gasteiger partial charge in [0.2, 0.25) is 0 Å². The van der Waals surface area contributed by atoms with Crippen molar-refractivity contribution in [2.45, 2.75) is 52.4 Å². The Labute approximate surface area is 138 Å². The number of nitrogens with zero attached hydrogens (tertiary/aromatic N) is 2. The Morgan fingerprint density at radius 1 is 1.29 bits per heavy atom. The van der Waals surface area contributed by atoms with Crippen LogP contribution in [0.5, 0.6) is 0 Å². The van der Waals surface area contributed by atoms with Crippen molar-refractivity contribution in [3.05, 3.63) is 15.9 Å². The number of aromatic nitrogens is 2. The second-order valence-corrected chi connectivity index (χ2v) is 7.35. The number of rotatable bonds is 6. The van der Waals surface area contributed by atoms with Crippen LogP contribution in [0.4, 0.5) is 0 Å². The minimum absolute atomic E-state index is 0.785. The molecular formula is C17H30BrN3. The summed E-state index contributed by atoms with van der Waals surface area (Å²) in [5.41, 5.74) is 2.58. The van der Waals surface area contributed by atoms with Gasteiger partial charge in [-0.25, -0.2) is 0 Å². The zero-order chi connectivity index (χ0) is 15.4. The third-order valence-corrected chi connectivity index (χ3v) is 6.17.